The summed E-state index contributed by atoms with van der Waals surface area (Å²) in [6, 6.07) is 11.8. The maximum Gasteiger partial charge on any atom is 0.275 e. The van der Waals surface area contributed by atoms with E-state index in [1.165, 1.54) is 18.2 Å². The molecule has 0 saturated heterocycles. The lowest BCUT2D eigenvalue weighted by atomic mass is 10.1. The molecule has 0 saturated carbocycles. The normalized spacial score (nSPS) is 11.3. The van der Waals surface area contributed by atoms with Crippen LogP contribution in [0, 0.1) is 12.3 Å². The van der Waals surface area contributed by atoms with E-state index in [4.69, 9.17) is 12.2 Å². The van der Waals surface area contributed by atoms with Crippen molar-refractivity contribution in [1.29, 1.82) is 0 Å². The van der Waals surface area contributed by atoms with Crippen molar-refractivity contribution < 1.29 is 9.90 Å². The van der Waals surface area contributed by atoms with Crippen LogP contribution in [0.5, 0.6) is 5.75 Å². The van der Waals surface area contributed by atoms with Crippen LogP contribution in [0.15, 0.2) is 47.6 Å². The van der Waals surface area contributed by atoms with E-state index in [9.17, 15) is 9.90 Å². The van der Waals surface area contributed by atoms with Crippen molar-refractivity contribution in [2.24, 2.45) is 5.10 Å². The third-order valence-corrected chi connectivity index (χ3v) is 3.77. The molecule has 2 aromatic carbocycles. The molecule has 0 aliphatic rings. The van der Waals surface area contributed by atoms with Crippen molar-refractivity contribution in [3.05, 3.63) is 59.3 Å². The zero-order valence-electron chi connectivity index (χ0n) is 13.5. The summed E-state index contributed by atoms with van der Waals surface area (Å²) in [6.07, 6.45) is 5.41. The highest BCUT2D eigenvalue weighted by Crippen LogP contribution is 2.20. The highest BCUT2D eigenvalue weighted by atomic mass is 16.3. The number of hydrogen-bond donors (Lipinski definition) is 4. The highest BCUT2D eigenvalue weighted by Gasteiger charge is 2.11. The van der Waals surface area contributed by atoms with Gasteiger partial charge in [0.15, 0.2) is 0 Å². The number of nitrogens with zero attached hydrogens (tertiary/aromatic N) is 1. The first-order valence-electron chi connectivity index (χ1n) is 7.51. The van der Waals surface area contributed by atoms with E-state index in [0.29, 0.717) is 11.4 Å². The van der Waals surface area contributed by atoms with Gasteiger partial charge in [0.1, 0.15) is 5.75 Å². The van der Waals surface area contributed by atoms with Gasteiger partial charge >= 0.3 is 0 Å². The first kappa shape index (κ1) is 16.1. The SMILES string of the molecule is C#Cc1ccc2[nH]c(/C(C)=N/NC(=O)c3cc(N)ccc3O)cc2c1. The smallest absolute Gasteiger partial charge is 0.275 e. The Labute approximate surface area is 144 Å². The predicted molar refractivity (Wildman–Crippen MR) is 98.4 cm³/mol. The van der Waals surface area contributed by atoms with Crippen LogP contribution in [-0.4, -0.2) is 21.7 Å². The molecule has 0 spiro atoms. The van der Waals surface area contributed by atoms with Crippen LogP contribution in [0.4, 0.5) is 5.69 Å². The Morgan fingerprint density at radius 1 is 1.28 bits per heavy atom. The highest BCUT2D eigenvalue weighted by molar-refractivity contribution is 6.03. The number of nitrogen functional groups attached to an aromatic ring is 1. The number of phenols is 1. The summed E-state index contributed by atoms with van der Waals surface area (Å²) < 4.78 is 0. The molecule has 0 atom stereocenters. The molecule has 6 heteroatoms. The Hall–Kier alpha value is -3.72. The van der Waals surface area contributed by atoms with Crippen molar-refractivity contribution in [3.63, 3.8) is 0 Å². The second kappa shape index (κ2) is 6.42. The monoisotopic (exact) mass is 332 g/mol. The van der Waals surface area contributed by atoms with Gasteiger partial charge in [0.2, 0.25) is 0 Å². The lowest BCUT2D eigenvalue weighted by molar-refractivity contribution is 0.0952. The number of hydrogen-bond acceptors (Lipinski definition) is 4. The van der Waals surface area contributed by atoms with Crippen LogP contribution >= 0.6 is 0 Å². The van der Waals surface area contributed by atoms with Gasteiger partial charge in [-0.2, -0.15) is 5.10 Å². The molecule has 0 unspecified atom stereocenters. The van der Waals surface area contributed by atoms with Gasteiger partial charge in [-0.15, -0.1) is 6.42 Å². The van der Waals surface area contributed by atoms with Crippen molar-refractivity contribution in [2.75, 3.05) is 5.73 Å². The minimum Gasteiger partial charge on any atom is -0.507 e. The van der Waals surface area contributed by atoms with E-state index >= 15 is 0 Å². The number of terminal acetylenes is 1. The van der Waals surface area contributed by atoms with Gasteiger partial charge < -0.3 is 15.8 Å². The minimum atomic E-state index is -0.546. The summed E-state index contributed by atoms with van der Waals surface area (Å²) in [4.78, 5) is 15.4. The quantitative estimate of drug-likeness (QED) is 0.195. The first-order valence-corrected chi connectivity index (χ1v) is 7.51. The number of carbonyl (C=O) groups excluding carboxylic acids is 1. The van der Waals surface area contributed by atoms with E-state index in [0.717, 1.165) is 22.2 Å². The number of nitrogens with two attached hydrogens (primary N) is 1. The molecular weight excluding hydrogens is 316 g/mol. The van der Waals surface area contributed by atoms with Crippen molar-refractivity contribution in [2.45, 2.75) is 6.92 Å². The fraction of sp³-hybridized carbons (Fsp3) is 0.0526. The summed E-state index contributed by atoms with van der Waals surface area (Å²) in [6.45, 7) is 1.76. The van der Waals surface area contributed by atoms with Gasteiger partial charge in [0, 0.05) is 22.2 Å². The second-order valence-electron chi connectivity index (χ2n) is 5.54. The van der Waals surface area contributed by atoms with E-state index in [1.54, 1.807) is 6.92 Å². The van der Waals surface area contributed by atoms with Crippen LogP contribution in [0.1, 0.15) is 28.5 Å². The number of hydrazone groups is 1. The van der Waals surface area contributed by atoms with Gasteiger partial charge in [-0.25, -0.2) is 5.43 Å². The summed E-state index contributed by atoms with van der Waals surface area (Å²) in [5, 5.41) is 14.8. The van der Waals surface area contributed by atoms with Crippen LogP contribution in [0.2, 0.25) is 0 Å². The van der Waals surface area contributed by atoms with E-state index in [2.05, 4.69) is 21.4 Å². The summed E-state index contributed by atoms with van der Waals surface area (Å²) in [5.41, 5.74) is 11.5. The molecule has 124 valence electrons. The molecule has 1 aromatic heterocycles. The molecule has 25 heavy (non-hydrogen) atoms. The first-order chi connectivity index (χ1) is 12.0. The standard InChI is InChI=1S/C19H16N4O2/c1-3-12-4-6-16-13(8-12)9-17(21-16)11(2)22-23-19(25)15-10-14(20)5-7-18(15)24/h1,4-10,21,24H,20H2,2H3,(H,23,25)/b22-11+. The lowest BCUT2D eigenvalue weighted by Gasteiger charge is -2.05. The number of amides is 1. The second-order valence-corrected chi connectivity index (χ2v) is 5.54. The van der Waals surface area contributed by atoms with E-state index in [-0.39, 0.29) is 11.3 Å². The number of rotatable bonds is 3. The molecule has 0 aliphatic heterocycles. The zero-order chi connectivity index (χ0) is 18.0. The molecule has 1 amide bonds. The molecule has 0 radical (unpaired) electrons. The Balaban J connectivity index is 1.83. The Morgan fingerprint density at radius 3 is 2.84 bits per heavy atom. The van der Waals surface area contributed by atoms with Crippen molar-refractivity contribution in [3.8, 4) is 18.1 Å². The number of fused-ring (bicyclic) bond motifs is 1. The van der Waals surface area contributed by atoms with Gasteiger partial charge in [0.25, 0.3) is 5.91 Å². The van der Waals surface area contributed by atoms with Crippen LogP contribution < -0.4 is 11.2 Å². The molecule has 0 fully saturated rings. The van der Waals surface area contributed by atoms with E-state index < -0.39 is 5.91 Å². The number of aromatic amines is 1. The average molecular weight is 332 g/mol. The fourth-order valence-corrected chi connectivity index (χ4v) is 2.41. The van der Waals surface area contributed by atoms with Crippen LogP contribution in [-0.2, 0) is 0 Å². The molecule has 0 bridgehead atoms. The van der Waals surface area contributed by atoms with Crippen LogP contribution in [0.3, 0.4) is 0 Å². The largest absolute Gasteiger partial charge is 0.507 e. The fourth-order valence-electron chi connectivity index (χ4n) is 2.41. The maximum absolute atomic E-state index is 12.1. The number of aromatic nitrogens is 1. The van der Waals surface area contributed by atoms with Gasteiger partial charge in [-0.1, -0.05) is 5.92 Å². The van der Waals surface area contributed by atoms with Crippen LogP contribution in [0.25, 0.3) is 10.9 Å². The molecule has 1 heterocycles. The molecule has 5 N–H and O–H groups in total. The van der Waals surface area contributed by atoms with Crippen molar-refractivity contribution in [1.82, 2.24) is 10.4 Å². The molecule has 3 rings (SSSR count). The Kier molecular flexibility index (Phi) is 4.14. The summed E-state index contributed by atoms with van der Waals surface area (Å²) in [7, 11) is 0. The molecular formula is C19H16N4O2. The van der Waals surface area contributed by atoms with Gasteiger partial charge in [0.05, 0.1) is 17.0 Å². The third-order valence-electron chi connectivity index (χ3n) is 3.77. The molecule has 3 aromatic rings. The number of aromatic hydroxyl groups is 1. The average Bonchev–Trinajstić information content (AvgIpc) is 3.04. The number of carbonyl (C=O) groups is 1. The topological polar surface area (TPSA) is 104 Å². The number of nitrogens with one attached hydrogen (secondary N) is 2. The number of benzene rings is 2. The zero-order valence-corrected chi connectivity index (χ0v) is 13.5. The molecule has 0 aliphatic carbocycles. The number of H-pyrrole nitrogens is 1. The Morgan fingerprint density at radius 2 is 2.08 bits per heavy atom. The number of anilines is 1. The summed E-state index contributed by atoms with van der Waals surface area (Å²) >= 11 is 0. The minimum absolute atomic E-state index is 0.0619. The van der Waals surface area contributed by atoms with Gasteiger partial charge in [-0.05, 0) is 49.4 Å². The van der Waals surface area contributed by atoms with E-state index in [1.807, 2.05) is 24.3 Å². The number of phenolic OH excluding ortho intramolecular Hbond substituents is 1. The molecule has 6 nitrogen and oxygen atoms in total. The van der Waals surface area contributed by atoms with Crippen molar-refractivity contribution >= 4 is 28.2 Å². The Bertz CT molecular complexity index is 1040. The summed E-state index contributed by atoms with van der Waals surface area (Å²) in [5.74, 6) is 1.88. The predicted octanol–water partition coefficient (Wildman–Crippen LogP) is 2.59. The van der Waals surface area contributed by atoms with Gasteiger partial charge in [-0.3, -0.25) is 4.79 Å². The third kappa shape index (κ3) is 3.31. The maximum atomic E-state index is 12.1. The lowest BCUT2D eigenvalue weighted by Crippen LogP contribution is -2.19.